The van der Waals surface area contributed by atoms with Crippen molar-refractivity contribution in [2.24, 2.45) is 7.05 Å². The van der Waals surface area contributed by atoms with E-state index in [1.54, 1.807) is 32.4 Å². The number of rotatable bonds is 4. The molecule has 0 saturated heterocycles. The van der Waals surface area contributed by atoms with Gasteiger partial charge >= 0.3 is 5.97 Å². The van der Waals surface area contributed by atoms with Crippen molar-refractivity contribution in [2.75, 3.05) is 7.11 Å². The molecule has 6 nitrogen and oxygen atoms in total. The van der Waals surface area contributed by atoms with Crippen LogP contribution in [0.4, 0.5) is 0 Å². The lowest BCUT2D eigenvalue weighted by atomic mass is 10.2. The Bertz CT molecular complexity index is 945. The predicted molar refractivity (Wildman–Crippen MR) is 94.5 cm³/mol. The Hall–Kier alpha value is -3.15. The van der Waals surface area contributed by atoms with Gasteiger partial charge in [0.25, 0.3) is 5.56 Å². The third kappa shape index (κ3) is 3.38. The van der Waals surface area contributed by atoms with Crippen LogP contribution in [0, 0.1) is 6.92 Å². The van der Waals surface area contributed by atoms with Crippen molar-refractivity contribution >= 4 is 5.97 Å². The number of esters is 1. The minimum absolute atomic E-state index is 0.0573. The number of nitrogens with zero attached hydrogens (tertiary/aromatic N) is 3. The highest BCUT2D eigenvalue weighted by molar-refractivity contribution is 5.87. The molecule has 0 radical (unpaired) electrons. The first-order valence-electron chi connectivity index (χ1n) is 7.86. The molecule has 0 spiro atoms. The molecule has 0 aliphatic carbocycles. The molecule has 0 saturated carbocycles. The summed E-state index contributed by atoms with van der Waals surface area (Å²) in [5, 5.41) is 0. The molecule has 0 fully saturated rings. The number of aryl methyl sites for hydroxylation is 2. The fraction of sp³-hybridized carbons (Fsp3) is 0.211. The van der Waals surface area contributed by atoms with Crippen LogP contribution < -0.4 is 5.56 Å². The second-order valence-corrected chi connectivity index (χ2v) is 5.88. The zero-order valence-electron chi connectivity index (χ0n) is 14.4. The van der Waals surface area contributed by atoms with Crippen molar-refractivity contribution in [1.29, 1.82) is 0 Å². The van der Waals surface area contributed by atoms with E-state index in [0.29, 0.717) is 17.9 Å². The molecule has 3 aromatic rings. The number of methoxy groups -OCH3 is 1. The molecule has 0 aliphatic rings. The van der Waals surface area contributed by atoms with E-state index in [1.807, 2.05) is 34.9 Å². The maximum atomic E-state index is 11.9. The summed E-state index contributed by atoms with van der Waals surface area (Å²) in [7, 11) is 3.03. The Morgan fingerprint density at radius 1 is 1.20 bits per heavy atom. The molecule has 0 N–H and O–H groups in total. The second kappa shape index (κ2) is 6.76. The molecular weight excluding hydrogens is 318 g/mol. The molecule has 128 valence electrons. The average Bonchev–Trinajstić information content (AvgIpc) is 3.03. The van der Waals surface area contributed by atoms with Crippen LogP contribution in [0.5, 0.6) is 0 Å². The van der Waals surface area contributed by atoms with Crippen molar-refractivity contribution in [2.45, 2.75) is 13.5 Å². The van der Waals surface area contributed by atoms with Gasteiger partial charge in [-0.25, -0.2) is 9.78 Å². The number of imidazole rings is 1. The SMILES string of the molecule is COC(=O)c1cn(Cc2ccccc2)c(-c2cc(C)c(=O)n(C)c2)n1. The molecule has 0 atom stereocenters. The fourth-order valence-electron chi connectivity index (χ4n) is 2.75. The van der Waals surface area contributed by atoms with Crippen LogP contribution in [-0.2, 0) is 18.3 Å². The van der Waals surface area contributed by atoms with E-state index >= 15 is 0 Å². The quantitative estimate of drug-likeness (QED) is 0.686. The molecule has 0 unspecified atom stereocenters. The van der Waals surface area contributed by atoms with Crippen molar-refractivity contribution in [3.63, 3.8) is 0 Å². The van der Waals surface area contributed by atoms with Gasteiger partial charge in [-0.2, -0.15) is 0 Å². The Labute approximate surface area is 145 Å². The van der Waals surface area contributed by atoms with Crippen LogP contribution in [-0.4, -0.2) is 27.2 Å². The molecule has 3 rings (SSSR count). The number of benzene rings is 1. The number of aromatic nitrogens is 3. The van der Waals surface area contributed by atoms with E-state index in [0.717, 1.165) is 11.1 Å². The summed E-state index contributed by atoms with van der Waals surface area (Å²) >= 11 is 0. The highest BCUT2D eigenvalue weighted by atomic mass is 16.5. The molecule has 0 amide bonds. The van der Waals surface area contributed by atoms with E-state index in [2.05, 4.69) is 4.98 Å². The third-order valence-corrected chi connectivity index (χ3v) is 3.99. The van der Waals surface area contributed by atoms with Crippen LogP contribution in [0.1, 0.15) is 21.6 Å². The summed E-state index contributed by atoms with van der Waals surface area (Å²) in [6.45, 7) is 2.32. The molecule has 6 heteroatoms. The smallest absolute Gasteiger partial charge is 0.358 e. The lowest BCUT2D eigenvalue weighted by Gasteiger charge is -2.10. The second-order valence-electron chi connectivity index (χ2n) is 5.88. The summed E-state index contributed by atoms with van der Waals surface area (Å²) in [6, 6.07) is 11.7. The summed E-state index contributed by atoms with van der Waals surface area (Å²) in [6.07, 6.45) is 3.40. The van der Waals surface area contributed by atoms with Crippen LogP contribution in [0.15, 0.2) is 53.6 Å². The number of pyridine rings is 1. The molecule has 1 aromatic carbocycles. The summed E-state index contributed by atoms with van der Waals surface area (Å²) in [4.78, 5) is 28.3. The average molecular weight is 337 g/mol. The number of carbonyl (C=O) groups excluding carboxylic acids is 1. The van der Waals surface area contributed by atoms with Crippen LogP contribution in [0.2, 0.25) is 0 Å². The van der Waals surface area contributed by atoms with E-state index < -0.39 is 5.97 Å². The molecule has 0 bridgehead atoms. The Morgan fingerprint density at radius 2 is 1.92 bits per heavy atom. The normalized spacial score (nSPS) is 10.7. The highest BCUT2D eigenvalue weighted by Crippen LogP contribution is 2.21. The lowest BCUT2D eigenvalue weighted by molar-refractivity contribution is 0.0594. The van der Waals surface area contributed by atoms with Gasteiger partial charge in [-0.3, -0.25) is 4.79 Å². The number of carbonyl (C=O) groups is 1. The molecule has 25 heavy (non-hydrogen) atoms. The van der Waals surface area contributed by atoms with E-state index in [9.17, 15) is 9.59 Å². The van der Waals surface area contributed by atoms with Gasteiger partial charge in [0.15, 0.2) is 5.69 Å². The maximum Gasteiger partial charge on any atom is 0.358 e. The van der Waals surface area contributed by atoms with Gasteiger partial charge in [0.05, 0.1) is 7.11 Å². The van der Waals surface area contributed by atoms with Gasteiger partial charge in [0.2, 0.25) is 0 Å². The first kappa shape index (κ1) is 16.7. The fourth-order valence-corrected chi connectivity index (χ4v) is 2.75. The largest absolute Gasteiger partial charge is 0.464 e. The van der Waals surface area contributed by atoms with Crippen molar-refractivity contribution in [3.05, 3.63) is 76.0 Å². The molecule has 0 aliphatic heterocycles. The van der Waals surface area contributed by atoms with Crippen molar-refractivity contribution in [1.82, 2.24) is 14.1 Å². The van der Waals surface area contributed by atoms with Crippen LogP contribution in [0.3, 0.4) is 0 Å². The Kier molecular flexibility index (Phi) is 4.52. The lowest BCUT2D eigenvalue weighted by Crippen LogP contribution is -2.18. The predicted octanol–water partition coefficient (Wildman–Crippen LogP) is 2.39. The molecule has 2 aromatic heterocycles. The van der Waals surface area contributed by atoms with E-state index in [1.165, 1.54) is 11.7 Å². The standard InChI is InChI=1S/C19H19N3O3/c1-13-9-15(11-21(2)18(13)23)17-20-16(19(24)25-3)12-22(17)10-14-7-5-4-6-8-14/h4-9,11-12H,10H2,1-3H3. The first-order valence-corrected chi connectivity index (χ1v) is 7.86. The molecule has 2 heterocycles. The third-order valence-electron chi connectivity index (χ3n) is 3.99. The Morgan fingerprint density at radius 3 is 2.56 bits per heavy atom. The Balaban J connectivity index is 2.12. The topological polar surface area (TPSA) is 66.1 Å². The van der Waals surface area contributed by atoms with E-state index in [4.69, 9.17) is 4.74 Å². The van der Waals surface area contributed by atoms with Crippen molar-refractivity contribution in [3.8, 4) is 11.4 Å². The zero-order chi connectivity index (χ0) is 18.0. The zero-order valence-corrected chi connectivity index (χ0v) is 14.4. The van der Waals surface area contributed by atoms with Crippen LogP contribution in [0.25, 0.3) is 11.4 Å². The van der Waals surface area contributed by atoms with Crippen LogP contribution >= 0.6 is 0 Å². The number of ether oxygens (including phenoxy) is 1. The minimum Gasteiger partial charge on any atom is -0.464 e. The summed E-state index contributed by atoms with van der Waals surface area (Å²) < 4.78 is 8.19. The highest BCUT2D eigenvalue weighted by Gasteiger charge is 2.17. The first-order chi connectivity index (χ1) is 12.0. The molecular formula is C19H19N3O3. The van der Waals surface area contributed by atoms with Crippen molar-refractivity contribution < 1.29 is 9.53 Å². The maximum absolute atomic E-state index is 11.9. The van der Waals surface area contributed by atoms with E-state index in [-0.39, 0.29) is 11.3 Å². The van der Waals surface area contributed by atoms with Gasteiger partial charge in [0.1, 0.15) is 5.82 Å². The minimum atomic E-state index is -0.491. The van der Waals surface area contributed by atoms with Gasteiger partial charge in [-0.05, 0) is 18.6 Å². The van der Waals surface area contributed by atoms with Gasteiger partial charge in [-0.15, -0.1) is 0 Å². The van der Waals surface area contributed by atoms with Gasteiger partial charge in [0, 0.05) is 37.1 Å². The number of hydrogen-bond donors (Lipinski definition) is 0. The summed E-state index contributed by atoms with van der Waals surface area (Å²) in [5.74, 6) is 0.123. The monoisotopic (exact) mass is 337 g/mol. The number of hydrogen-bond acceptors (Lipinski definition) is 4. The summed E-state index contributed by atoms with van der Waals surface area (Å²) in [5.41, 5.74) is 2.65. The van der Waals surface area contributed by atoms with Gasteiger partial charge in [-0.1, -0.05) is 30.3 Å². The van der Waals surface area contributed by atoms with Gasteiger partial charge < -0.3 is 13.9 Å².